The lowest BCUT2D eigenvalue weighted by Crippen LogP contribution is -2.27. The largest absolute Gasteiger partial charge is 0.294 e. The number of hydrazine groups is 1. The van der Waals surface area contributed by atoms with E-state index in [1.165, 1.54) is 0 Å². The van der Waals surface area contributed by atoms with Crippen molar-refractivity contribution in [1.29, 1.82) is 0 Å². The maximum atomic E-state index is 4.08. The van der Waals surface area contributed by atoms with Gasteiger partial charge in [0.15, 0.2) is 0 Å². The SMILES string of the molecule is CC1=NPNN1C. The Hall–Kier alpha value is -0.140. The van der Waals surface area contributed by atoms with Gasteiger partial charge in [-0.2, -0.15) is 5.20 Å². The molecule has 1 aliphatic rings. The first-order chi connectivity index (χ1) is 3.30. The van der Waals surface area contributed by atoms with E-state index in [1.807, 2.05) is 19.0 Å². The zero-order chi connectivity index (χ0) is 5.28. The summed E-state index contributed by atoms with van der Waals surface area (Å²) >= 11 is 0. The van der Waals surface area contributed by atoms with Gasteiger partial charge in [-0.3, -0.25) is 5.01 Å². The molecular formula is C3H8N3P. The highest BCUT2D eigenvalue weighted by Crippen LogP contribution is 2.13. The second-order valence-electron chi connectivity index (χ2n) is 1.44. The van der Waals surface area contributed by atoms with Crippen molar-refractivity contribution in [2.75, 3.05) is 7.05 Å². The predicted octanol–water partition coefficient (Wildman–Crippen LogP) is 0.363. The molecule has 0 fully saturated rings. The van der Waals surface area contributed by atoms with Gasteiger partial charge in [0.05, 0.1) is 8.88 Å². The first-order valence-electron chi connectivity index (χ1n) is 2.09. The second kappa shape index (κ2) is 1.76. The summed E-state index contributed by atoms with van der Waals surface area (Å²) in [4.78, 5) is 0. The van der Waals surface area contributed by atoms with E-state index in [2.05, 4.69) is 9.96 Å². The van der Waals surface area contributed by atoms with Gasteiger partial charge >= 0.3 is 0 Å². The highest BCUT2D eigenvalue weighted by atomic mass is 31.1. The Balaban J connectivity index is 2.54. The van der Waals surface area contributed by atoms with Gasteiger partial charge in [0.1, 0.15) is 5.84 Å². The van der Waals surface area contributed by atoms with E-state index in [-0.39, 0.29) is 0 Å². The average molecular weight is 117 g/mol. The van der Waals surface area contributed by atoms with Crippen molar-refractivity contribution in [2.24, 2.45) is 4.76 Å². The van der Waals surface area contributed by atoms with Crippen molar-refractivity contribution in [3.63, 3.8) is 0 Å². The van der Waals surface area contributed by atoms with Crippen molar-refractivity contribution in [3.05, 3.63) is 0 Å². The van der Waals surface area contributed by atoms with Gasteiger partial charge < -0.3 is 0 Å². The Morgan fingerprint density at radius 2 is 2.57 bits per heavy atom. The van der Waals surface area contributed by atoms with Crippen LogP contribution in [-0.2, 0) is 0 Å². The third-order valence-electron chi connectivity index (χ3n) is 0.921. The van der Waals surface area contributed by atoms with Crippen molar-refractivity contribution in [3.8, 4) is 0 Å². The van der Waals surface area contributed by atoms with Gasteiger partial charge in [-0.25, -0.2) is 4.76 Å². The lowest BCUT2D eigenvalue weighted by Gasteiger charge is -2.07. The van der Waals surface area contributed by atoms with Crippen LogP contribution in [0.4, 0.5) is 0 Å². The molecule has 0 saturated heterocycles. The van der Waals surface area contributed by atoms with Gasteiger partial charge in [-0.1, -0.05) is 0 Å². The highest BCUT2D eigenvalue weighted by molar-refractivity contribution is 7.34. The number of nitrogens with one attached hydrogen (secondary N) is 1. The molecule has 1 atom stereocenters. The van der Waals surface area contributed by atoms with Crippen LogP contribution in [-0.4, -0.2) is 17.9 Å². The maximum absolute atomic E-state index is 4.08. The molecule has 0 saturated carbocycles. The first kappa shape index (κ1) is 5.01. The van der Waals surface area contributed by atoms with Crippen LogP contribution in [0.3, 0.4) is 0 Å². The smallest absolute Gasteiger partial charge is 0.115 e. The molecule has 0 aromatic carbocycles. The van der Waals surface area contributed by atoms with E-state index >= 15 is 0 Å². The molecule has 7 heavy (non-hydrogen) atoms. The van der Waals surface area contributed by atoms with E-state index < -0.39 is 0 Å². The molecule has 0 aliphatic carbocycles. The molecule has 40 valence electrons. The first-order valence-corrected chi connectivity index (χ1v) is 3.04. The predicted molar refractivity (Wildman–Crippen MR) is 32.3 cm³/mol. The number of hydrogen-bond donors (Lipinski definition) is 1. The van der Waals surface area contributed by atoms with Crippen LogP contribution in [0.5, 0.6) is 0 Å². The molecule has 0 spiro atoms. The van der Waals surface area contributed by atoms with E-state index in [9.17, 15) is 0 Å². The molecular weight excluding hydrogens is 109 g/mol. The van der Waals surface area contributed by atoms with Crippen molar-refractivity contribution in [1.82, 2.24) is 10.2 Å². The van der Waals surface area contributed by atoms with E-state index in [0.717, 1.165) is 5.84 Å². The number of rotatable bonds is 0. The Morgan fingerprint density at radius 3 is 2.71 bits per heavy atom. The Kier molecular flexibility index (Phi) is 1.26. The highest BCUT2D eigenvalue weighted by Gasteiger charge is 2.03. The summed E-state index contributed by atoms with van der Waals surface area (Å²) in [6.07, 6.45) is 0. The summed E-state index contributed by atoms with van der Waals surface area (Å²) in [6.45, 7) is 1.98. The third-order valence-corrected chi connectivity index (χ3v) is 1.79. The zero-order valence-corrected chi connectivity index (χ0v) is 5.39. The summed E-state index contributed by atoms with van der Waals surface area (Å²) in [5.41, 5.74) is 0. The minimum absolute atomic E-state index is 0.533. The molecule has 1 rings (SSSR count). The third kappa shape index (κ3) is 0.898. The molecule has 1 aliphatic heterocycles. The summed E-state index contributed by atoms with van der Waals surface area (Å²) < 4.78 is 4.08. The molecule has 0 amide bonds. The van der Waals surface area contributed by atoms with Crippen LogP contribution < -0.4 is 5.20 Å². The topological polar surface area (TPSA) is 27.6 Å². The van der Waals surface area contributed by atoms with Crippen LogP contribution in [0.25, 0.3) is 0 Å². The minimum atomic E-state index is 0.533. The summed E-state index contributed by atoms with van der Waals surface area (Å²) in [6, 6.07) is 0. The van der Waals surface area contributed by atoms with Crippen LogP contribution in [0.2, 0.25) is 0 Å². The molecule has 1 N–H and O–H groups in total. The fourth-order valence-corrected chi connectivity index (χ4v) is 1.01. The van der Waals surface area contributed by atoms with Crippen LogP contribution in [0.15, 0.2) is 4.76 Å². The van der Waals surface area contributed by atoms with Crippen LogP contribution in [0, 0.1) is 0 Å². The summed E-state index contributed by atoms with van der Waals surface area (Å²) in [7, 11) is 2.49. The van der Waals surface area contributed by atoms with E-state index in [1.54, 1.807) is 0 Å². The average Bonchev–Trinajstić information content (AvgIpc) is 1.91. The second-order valence-corrected chi connectivity index (χ2v) is 2.11. The van der Waals surface area contributed by atoms with Gasteiger partial charge in [0, 0.05) is 7.05 Å². The maximum Gasteiger partial charge on any atom is 0.115 e. The molecule has 0 radical (unpaired) electrons. The molecule has 0 aromatic rings. The van der Waals surface area contributed by atoms with Crippen LogP contribution >= 0.6 is 8.88 Å². The fourth-order valence-electron chi connectivity index (χ4n) is 0.337. The van der Waals surface area contributed by atoms with Crippen LogP contribution in [0.1, 0.15) is 6.92 Å². The summed E-state index contributed by atoms with van der Waals surface area (Å²) in [5.74, 6) is 1.07. The molecule has 0 bridgehead atoms. The van der Waals surface area contributed by atoms with Gasteiger partial charge in [-0.05, 0) is 6.92 Å². The Bertz CT molecular complexity index is 100. The molecule has 3 nitrogen and oxygen atoms in total. The number of hydrogen-bond acceptors (Lipinski definition) is 3. The lowest BCUT2D eigenvalue weighted by atomic mass is 10.7. The van der Waals surface area contributed by atoms with Crippen molar-refractivity contribution >= 4 is 14.7 Å². The van der Waals surface area contributed by atoms with Crippen molar-refractivity contribution < 1.29 is 0 Å². The Labute approximate surface area is 44.7 Å². The summed E-state index contributed by atoms with van der Waals surface area (Å²) in [5, 5.41) is 4.94. The van der Waals surface area contributed by atoms with E-state index in [4.69, 9.17) is 0 Å². The van der Waals surface area contributed by atoms with Gasteiger partial charge in [0.2, 0.25) is 0 Å². The lowest BCUT2D eigenvalue weighted by molar-refractivity contribution is 0.491. The molecule has 1 unspecified atom stereocenters. The van der Waals surface area contributed by atoms with Crippen molar-refractivity contribution in [2.45, 2.75) is 6.92 Å². The van der Waals surface area contributed by atoms with Gasteiger partial charge in [-0.15, -0.1) is 0 Å². The van der Waals surface area contributed by atoms with E-state index in [0.29, 0.717) is 8.88 Å². The molecule has 4 heteroatoms. The molecule has 1 heterocycles. The zero-order valence-electron chi connectivity index (χ0n) is 4.39. The fraction of sp³-hybridized carbons (Fsp3) is 0.667. The standard InChI is InChI=1S/C3H8N3P/c1-3-4-7-5-6(3)2/h5,7H,1-2H3. The molecule has 0 aromatic heterocycles. The monoisotopic (exact) mass is 117 g/mol. The number of nitrogens with zero attached hydrogens (tertiary/aromatic N) is 2. The number of amidine groups is 1. The van der Waals surface area contributed by atoms with Gasteiger partial charge in [0.25, 0.3) is 0 Å². The normalized spacial score (nSPS) is 23.7. The minimum Gasteiger partial charge on any atom is -0.294 e. The Morgan fingerprint density at radius 1 is 1.86 bits per heavy atom. The quantitative estimate of drug-likeness (QED) is 0.464.